The highest BCUT2D eigenvalue weighted by atomic mass is 32.2. The number of aromatic nitrogens is 2. The van der Waals surface area contributed by atoms with Crippen molar-refractivity contribution in [2.24, 2.45) is 0 Å². The molecule has 0 unspecified atom stereocenters. The van der Waals surface area contributed by atoms with Crippen molar-refractivity contribution in [1.82, 2.24) is 9.97 Å². The Morgan fingerprint density at radius 2 is 1.70 bits per heavy atom. The smallest absolute Gasteiger partial charge is 0.137 e. The van der Waals surface area contributed by atoms with Gasteiger partial charge in [0.25, 0.3) is 0 Å². The van der Waals surface area contributed by atoms with Crippen LogP contribution in [0.4, 0.5) is 10.2 Å². The van der Waals surface area contributed by atoms with Gasteiger partial charge < -0.3 is 5.73 Å². The molecule has 2 aromatic rings. The van der Waals surface area contributed by atoms with Crippen LogP contribution in [-0.2, 0) is 5.41 Å². The van der Waals surface area contributed by atoms with E-state index in [1.807, 2.05) is 27.7 Å². The van der Waals surface area contributed by atoms with Crippen LogP contribution in [0.3, 0.4) is 0 Å². The molecule has 1 heterocycles. The van der Waals surface area contributed by atoms with Crippen molar-refractivity contribution in [3.8, 4) is 0 Å². The molecule has 0 aliphatic carbocycles. The zero-order valence-corrected chi connectivity index (χ0v) is 12.9. The number of anilines is 1. The lowest BCUT2D eigenvalue weighted by Crippen LogP contribution is -2.18. The quantitative estimate of drug-likeness (QED) is 0.851. The van der Waals surface area contributed by atoms with Crippen LogP contribution in [0.2, 0.25) is 0 Å². The predicted molar refractivity (Wildman–Crippen MR) is 80.4 cm³/mol. The first kappa shape index (κ1) is 14.8. The maximum atomic E-state index is 12.9. The Balaban J connectivity index is 2.40. The summed E-state index contributed by atoms with van der Waals surface area (Å²) in [4.78, 5) is 9.88. The molecule has 0 fully saturated rings. The largest absolute Gasteiger partial charge is 0.383 e. The van der Waals surface area contributed by atoms with E-state index in [1.165, 1.54) is 23.9 Å². The molecule has 0 aliphatic heterocycles. The van der Waals surface area contributed by atoms with E-state index in [-0.39, 0.29) is 11.2 Å². The van der Waals surface area contributed by atoms with Crippen molar-refractivity contribution in [3.05, 3.63) is 41.5 Å². The molecule has 1 aromatic heterocycles. The van der Waals surface area contributed by atoms with E-state index in [0.717, 1.165) is 15.5 Å². The summed E-state index contributed by atoms with van der Waals surface area (Å²) in [5.74, 6) is 0.961. The Morgan fingerprint density at radius 3 is 2.25 bits per heavy atom. The molecular weight excluding hydrogens is 273 g/mol. The lowest BCUT2D eigenvalue weighted by Gasteiger charge is -2.19. The highest BCUT2D eigenvalue weighted by molar-refractivity contribution is 7.99. The first-order valence-electron chi connectivity index (χ1n) is 6.35. The molecule has 0 saturated heterocycles. The van der Waals surface area contributed by atoms with E-state index < -0.39 is 0 Å². The van der Waals surface area contributed by atoms with Crippen LogP contribution < -0.4 is 5.73 Å². The van der Waals surface area contributed by atoms with E-state index >= 15 is 0 Å². The van der Waals surface area contributed by atoms with E-state index in [0.29, 0.717) is 11.6 Å². The van der Waals surface area contributed by atoms with Gasteiger partial charge in [-0.2, -0.15) is 0 Å². The van der Waals surface area contributed by atoms with Gasteiger partial charge in [-0.05, 0) is 31.2 Å². The Morgan fingerprint density at radius 1 is 1.10 bits per heavy atom. The number of nitrogen functional groups attached to an aromatic ring is 1. The molecule has 5 heteroatoms. The van der Waals surface area contributed by atoms with Gasteiger partial charge >= 0.3 is 0 Å². The van der Waals surface area contributed by atoms with Crippen molar-refractivity contribution in [2.45, 2.75) is 43.0 Å². The average Bonchev–Trinajstić information content (AvgIpc) is 2.36. The van der Waals surface area contributed by atoms with E-state index in [2.05, 4.69) is 9.97 Å². The Hall–Kier alpha value is -1.62. The fourth-order valence-corrected chi connectivity index (χ4v) is 2.45. The van der Waals surface area contributed by atoms with Crippen LogP contribution in [0.1, 0.15) is 32.2 Å². The van der Waals surface area contributed by atoms with Crippen LogP contribution >= 0.6 is 11.8 Å². The SMILES string of the molecule is Cc1c(N)nc(C(C)(C)C)nc1Sc1ccc(F)cc1. The minimum Gasteiger partial charge on any atom is -0.383 e. The Bertz CT molecular complexity index is 618. The molecule has 0 radical (unpaired) electrons. The summed E-state index contributed by atoms with van der Waals surface area (Å²) in [6.45, 7) is 8.03. The van der Waals surface area contributed by atoms with Gasteiger partial charge in [0.05, 0.1) is 0 Å². The summed E-state index contributed by atoms with van der Waals surface area (Å²) >= 11 is 1.47. The molecule has 106 valence electrons. The second kappa shape index (κ2) is 5.40. The first-order chi connectivity index (χ1) is 9.27. The third-order valence-corrected chi connectivity index (χ3v) is 3.94. The van der Waals surface area contributed by atoms with E-state index in [4.69, 9.17) is 5.73 Å². The first-order valence-corrected chi connectivity index (χ1v) is 7.17. The van der Waals surface area contributed by atoms with Crippen molar-refractivity contribution >= 4 is 17.6 Å². The van der Waals surface area contributed by atoms with Gasteiger partial charge in [-0.15, -0.1) is 0 Å². The van der Waals surface area contributed by atoms with E-state index in [1.54, 1.807) is 12.1 Å². The number of nitrogens with two attached hydrogens (primary N) is 1. The van der Waals surface area contributed by atoms with Crippen LogP contribution in [0.5, 0.6) is 0 Å². The van der Waals surface area contributed by atoms with Crippen molar-refractivity contribution in [2.75, 3.05) is 5.73 Å². The van der Waals surface area contributed by atoms with Gasteiger partial charge in [-0.3, -0.25) is 0 Å². The molecule has 20 heavy (non-hydrogen) atoms. The summed E-state index contributed by atoms with van der Waals surface area (Å²) in [5, 5.41) is 0.814. The van der Waals surface area contributed by atoms with Crippen LogP contribution in [0.15, 0.2) is 34.2 Å². The predicted octanol–water partition coefficient (Wildman–Crippen LogP) is 3.96. The molecule has 1 aromatic carbocycles. The minimum absolute atomic E-state index is 0.167. The number of hydrogen-bond donors (Lipinski definition) is 1. The Labute approximate surface area is 122 Å². The number of hydrogen-bond acceptors (Lipinski definition) is 4. The number of nitrogens with zero attached hydrogens (tertiary/aromatic N) is 2. The summed E-state index contributed by atoms with van der Waals surface area (Å²) in [6.07, 6.45) is 0. The zero-order valence-electron chi connectivity index (χ0n) is 12.1. The molecule has 0 spiro atoms. The second-order valence-electron chi connectivity index (χ2n) is 5.67. The second-order valence-corrected chi connectivity index (χ2v) is 6.73. The molecule has 2 N–H and O–H groups in total. The lowest BCUT2D eigenvalue weighted by atomic mass is 9.95. The minimum atomic E-state index is -0.247. The molecule has 2 rings (SSSR count). The van der Waals surface area contributed by atoms with Crippen LogP contribution in [0, 0.1) is 12.7 Å². The van der Waals surface area contributed by atoms with E-state index in [9.17, 15) is 4.39 Å². The zero-order chi connectivity index (χ0) is 14.9. The van der Waals surface area contributed by atoms with Crippen molar-refractivity contribution < 1.29 is 4.39 Å². The molecule has 0 aliphatic rings. The fourth-order valence-electron chi connectivity index (χ4n) is 1.56. The topological polar surface area (TPSA) is 51.8 Å². The van der Waals surface area contributed by atoms with Crippen molar-refractivity contribution in [1.29, 1.82) is 0 Å². The van der Waals surface area contributed by atoms with Gasteiger partial charge in [0.15, 0.2) is 0 Å². The van der Waals surface area contributed by atoms with Gasteiger partial charge in [-0.25, -0.2) is 14.4 Å². The molecule has 0 saturated carbocycles. The molecule has 0 atom stereocenters. The summed E-state index contributed by atoms with van der Waals surface area (Å²) < 4.78 is 12.9. The average molecular weight is 291 g/mol. The van der Waals surface area contributed by atoms with Gasteiger partial charge in [0.2, 0.25) is 0 Å². The highest BCUT2D eigenvalue weighted by Gasteiger charge is 2.20. The van der Waals surface area contributed by atoms with Gasteiger partial charge in [-0.1, -0.05) is 32.5 Å². The van der Waals surface area contributed by atoms with Crippen LogP contribution in [-0.4, -0.2) is 9.97 Å². The van der Waals surface area contributed by atoms with Crippen LogP contribution in [0.25, 0.3) is 0 Å². The molecule has 0 amide bonds. The number of halogens is 1. The number of rotatable bonds is 2. The maximum absolute atomic E-state index is 12.9. The Kier molecular flexibility index (Phi) is 3.99. The lowest BCUT2D eigenvalue weighted by molar-refractivity contribution is 0.538. The monoisotopic (exact) mass is 291 g/mol. The molecule has 3 nitrogen and oxygen atoms in total. The summed E-state index contributed by atoms with van der Waals surface area (Å²) in [6, 6.07) is 6.34. The highest BCUT2D eigenvalue weighted by Crippen LogP contribution is 2.32. The van der Waals surface area contributed by atoms with Gasteiger partial charge in [0, 0.05) is 15.9 Å². The summed E-state index contributed by atoms with van der Waals surface area (Å²) in [7, 11) is 0. The fraction of sp³-hybridized carbons (Fsp3) is 0.333. The van der Waals surface area contributed by atoms with Gasteiger partial charge in [0.1, 0.15) is 22.5 Å². The maximum Gasteiger partial charge on any atom is 0.137 e. The third-order valence-electron chi connectivity index (χ3n) is 2.84. The standard InChI is InChI=1S/C15H18FN3S/c1-9-12(17)18-14(15(2,3)4)19-13(9)20-11-7-5-10(16)6-8-11/h5-8H,1-4H3,(H2,17,18,19). The number of benzene rings is 1. The normalized spacial score (nSPS) is 11.7. The third kappa shape index (κ3) is 3.28. The molecule has 0 bridgehead atoms. The van der Waals surface area contributed by atoms with Crippen molar-refractivity contribution in [3.63, 3.8) is 0 Å². The summed E-state index contributed by atoms with van der Waals surface area (Å²) in [5.41, 5.74) is 6.66. The molecular formula is C15H18FN3S.